The minimum absolute atomic E-state index is 0.629. The molecule has 1 aromatic carbocycles. The van der Waals surface area contributed by atoms with Gasteiger partial charge in [-0.15, -0.1) is 14.8 Å². The van der Waals surface area contributed by atoms with Crippen LogP contribution in [0.2, 0.25) is 0 Å². The zero-order valence-corrected chi connectivity index (χ0v) is 11.7. The number of benzene rings is 1. The van der Waals surface area contributed by atoms with E-state index in [1.165, 1.54) is 10.2 Å². The summed E-state index contributed by atoms with van der Waals surface area (Å²) < 4.78 is 1.40. The highest BCUT2D eigenvalue weighted by Crippen LogP contribution is 2.16. The van der Waals surface area contributed by atoms with Crippen LogP contribution in [0.5, 0.6) is 0 Å². The molecule has 0 spiro atoms. The van der Waals surface area contributed by atoms with Gasteiger partial charge in [0.05, 0.1) is 5.52 Å². The molecule has 0 saturated carbocycles. The molecular formula is C15H13N7. The van der Waals surface area contributed by atoms with Crippen LogP contribution in [0.3, 0.4) is 0 Å². The van der Waals surface area contributed by atoms with E-state index in [1.807, 2.05) is 24.4 Å². The Hall–Kier alpha value is -3.09. The van der Waals surface area contributed by atoms with E-state index >= 15 is 0 Å². The molecule has 0 saturated heterocycles. The summed E-state index contributed by atoms with van der Waals surface area (Å²) in [6.07, 6.45) is 2.69. The molecule has 4 aromatic rings. The van der Waals surface area contributed by atoms with Crippen molar-refractivity contribution >= 4 is 22.4 Å². The van der Waals surface area contributed by atoms with Gasteiger partial charge in [-0.25, -0.2) is 0 Å². The number of pyridine rings is 1. The van der Waals surface area contributed by atoms with Crippen molar-refractivity contribution in [3.05, 3.63) is 54.2 Å². The second-order valence-corrected chi connectivity index (χ2v) is 4.91. The van der Waals surface area contributed by atoms with E-state index in [-0.39, 0.29) is 0 Å². The summed E-state index contributed by atoms with van der Waals surface area (Å²) in [5.41, 5.74) is 2.90. The quantitative estimate of drug-likeness (QED) is 0.616. The third-order valence-electron chi connectivity index (χ3n) is 3.49. The van der Waals surface area contributed by atoms with E-state index < -0.39 is 0 Å². The van der Waals surface area contributed by atoms with E-state index in [9.17, 15) is 0 Å². The van der Waals surface area contributed by atoms with Crippen molar-refractivity contribution < 1.29 is 0 Å². The molecular weight excluding hydrogens is 278 g/mol. The Labute approximate surface area is 126 Å². The molecule has 3 aromatic heterocycles. The topological polar surface area (TPSA) is 80.9 Å². The zero-order valence-electron chi connectivity index (χ0n) is 11.7. The molecule has 0 amide bonds. The monoisotopic (exact) mass is 291 g/mol. The maximum absolute atomic E-state index is 4.47. The first kappa shape index (κ1) is 12.6. The zero-order chi connectivity index (χ0) is 14.8. The predicted octanol–water partition coefficient (Wildman–Crippen LogP) is 1.72. The van der Waals surface area contributed by atoms with Crippen molar-refractivity contribution in [1.82, 2.24) is 30.2 Å². The van der Waals surface area contributed by atoms with Gasteiger partial charge in [-0.1, -0.05) is 24.3 Å². The molecule has 0 aliphatic carbocycles. The highest BCUT2D eigenvalue weighted by molar-refractivity contribution is 5.81. The first-order valence-electron chi connectivity index (χ1n) is 7.02. The predicted molar refractivity (Wildman–Crippen MR) is 82.5 cm³/mol. The molecule has 7 heteroatoms. The summed E-state index contributed by atoms with van der Waals surface area (Å²) in [6, 6.07) is 14.0. The normalized spacial score (nSPS) is 11.1. The third-order valence-corrected chi connectivity index (χ3v) is 3.49. The first-order valence-corrected chi connectivity index (χ1v) is 7.02. The Kier molecular flexibility index (Phi) is 3.08. The van der Waals surface area contributed by atoms with Gasteiger partial charge in [0.1, 0.15) is 5.82 Å². The molecule has 108 valence electrons. The lowest BCUT2D eigenvalue weighted by Gasteiger charge is -2.07. The molecule has 22 heavy (non-hydrogen) atoms. The molecule has 0 aliphatic heterocycles. The molecule has 0 radical (unpaired) electrons. The summed E-state index contributed by atoms with van der Waals surface area (Å²) in [7, 11) is 0. The molecule has 4 rings (SSSR count). The van der Waals surface area contributed by atoms with Gasteiger partial charge < -0.3 is 5.32 Å². The maximum atomic E-state index is 4.47. The average Bonchev–Trinajstić information content (AvgIpc) is 3.03. The molecule has 0 unspecified atom stereocenters. The number of aromatic nitrogens is 6. The van der Waals surface area contributed by atoms with Crippen LogP contribution < -0.4 is 5.32 Å². The van der Waals surface area contributed by atoms with Crippen molar-refractivity contribution in [3.63, 3.8) is 0 Å². The van der Waals surface area contributed by atoms with Gasteiger partial charge in [0.2, 0.25) is 0 Å². The standard InChI is InChI=1S/C15H13N7/c1-3-11-5-2-9-17-15(11)12(4-1)8-10-16-13-6-7-14-18-20-21-22(14)19-13/h1-7,9H,8,10H2,(H,16,19). The van der Waals surface area contributed by atoms with Gasteiger partial charge in [0.15, 0.2) is 5.65 Å². The minimum atomic E-state index is 0.629. The summed E-state index contributed by atoms with van der Waals surface area (Å²) in [5, 5.41) is 19.9. The third kappa shape index (κ3) is 2.32. The number of anilines is 1. The molecule has 0 fully saturated rings. The summed E-state index contributed by atoms with van der Waals surface area (Å²) in [4.78, 5) is 4.47. The average molecular weight is 291 g/mol. The minimum Gasteiger partial charge on any atom is -0.368 e. The van der Waals surface area contributed by atoms with Crippen LogP contribution in [0.1, 0.15) is 5.56 Å². The summed E-state index contributed by atoms with van der Waals surface area (Å²) in [6.45, 7) is 0.760. The fraction of sp³-hybridized carbons (Fsp3) is 0.133. The smallest absolute Gasteiger partial charge is 0.200 e. The van der Waals surface area contributed by atoms with Gasteiger partial charge in [0.25, 0.3) is 0 Å². The SMILES string of the molecule is c1cnc2c(CCNc3ccc4nnnn4n3)cccc2c1. The van der Waals surface area contributed by atoms with Crippen molar-refractivity contribution in [1.29, 1.82) is 0 Å². The van der Waals surface area contributed by atoms with Crippen LogP contribution >= 0.6 is 0 Å². The summed E-state index contributed by atoms with van der Waals surface area (Å²) >= 11 is 0. The number of hydrogen-bond donors (Lipinski definition) is 1. The molecule has 7 nitrogen and oxygen atoms in total. The first-order chi connectivity index (χ1) is 10.9. The van der Waals surface area contributed by atoms with Crippen LogP contribution in [-0.2, 0) is 6.42 Å². The number of tetrazole rings is 1. The van der Waals surface area contributed by atoms with Gasteiger partial charge in [-0.3, -0.25) is 4.98 Å². The Morgan fingerprint density at radius 2 is 2.00 bits per heavy atom. The van der Waals surface area contributed by atoms with Gasteiger partial charge in [-0.2, -0.15) is 0 Å². The van der Waals surface area contributed by atoms with Crippen LogP contribution in [-0.4, -0.2) is 36.8 Å². The fourth-order valence-electron chi connectivity index (χ4n) is 2.44. The molecule has 0 aliphatic rings. The fourth-order valence-corrected chi connectivity index (χ4v) is 2.44. The Morgan fingerprint density at radius 1 is 1.05 bits per heavy atom. The lowest BCUT2D eigenvalue weighted by Crippen LogP contribution is -2.08. The second kappa shape index (κ2) is 5.36. The van der Waals surface area contributed by atoms with Crippen LogP contribution in [0.25, 0.3) is 16.6 Å². The van der Waals surface area contributed by atoms with Gasteiger partial charge in [0, 0.05) is 18.1 Å². The van der Waals surface area contributed by atoms with E-state index in [2.05, 4.69) is 55.2 Å². The number of hydrogen-bond acceptors (Lipinski definition) is 6. The molecule has 0 bridgehead atoms. The van der Waals surface area contributed by atoms with E-state index in [1.54, 1.807) is 0 Å². The highest BCUT2D eigenvalue weighted by atomic mass is 15.6. The molecule has 0 atom stereocenters. The van der Waals surface area contributed by atoms with Crippen molar-refractivity contribution in [2.24, 2.45) is 0 Å². The van der Waals surface area contributed by atoms with E-state index in [4.69, 9.17) is 0 Å². The maximum Gasteiger partial charge on any atom is 0.200 e. The summed E-state index contributed by atoms with van der Waals surface area (Å²) in [5.74, 6) is 0.744. The lowest BCUT2D eigenvalue weighted by molar-refractivity contribution is 0.734. The highest BCUT2D eigenvalue weighted by Gasteiger charge is 2.03. The molecule has 3 heterocycles. The number of nitrogens with zero attached hydrogens (tertiary/aromatic N) is 6. The molecule has 1 N–H and O–H groups in total. The number of fused-ring (bicyclic) bond motifs is 2. The van der Waals surface area contributed by atoms with Gasteiger partial charge >= 0.3 is 0 Å². The van der Waals surface area contributed by atoms with Crippen LogP contribution in [0, 0.1) is 0 Å². The van der Waals surface area contributed by atoms with Crippen molar-refractivity contribution in [3.8, 4) is 0 Å². The number of nitrogens with one attached hydrogen (secondary N) is 1. The van der Waals surface area contributed by atoms with E-state index in [0.29, 0.717) is 5.65 Å². The Balaban J connectivity index is 1.50. The van der Waals surface area contributed by atoms with Gasteiger partial charge in [-0.05, 0) is 40.6 Å². The lowest BCUT2D eigenvalue weighted by atomic mass is 10.1. The van der Waals surface area contributed by atoms with Crippen molar-refractivity contribution in [2.75, 3.05) is 11.9 Å². The van der Waals surface area contributed by atoms with Crippen LogP contribution in [0.15, 0.2) is 48.7 Å². The Bertz CT molecular complexity index is 926. The van der Waals surface area contributed by atoms with E-state index in [0.717, 1.165) is 29.7 Å². The number of rotatable bonds is 4. The van der Waals surface area contributed by atoms with Crippen molar-refractivity contribution in [2.45, 2.75) is 6.42 Å². The largest absolute Gasteiger partial charge is 0.368 e. The second-order valence-electron chi connectivity index (χ2n) is 4.91. The number of para-hydroxylation sites is 1. The van der Waals surface area contributed by atoms with Crippen LogP contribution in [0.4, 0.5) is 5.82 Å². The Morgan fingerprint density at radius 3 is 3.00 bits per heavy atom.